The summed E-state index contributed by atoms with van der Waals surface area (Å²) in [6, 6.07) is 7.50. The smallest absolute Gasteiger partial charge is 0.258 e. The van der Waals surface area contributed by atoms with E-state index in [0.29, 0.717) is 37.7 Å². The second kappa shape index (κ2) is 12.4. The van der Waals surface area contributed by atoms with Gasteiger partial charge in [-0.1, -0.05) is 25.3 Å². The summed E-state index contributed by atoms with van der Waals surface area (Å²) in [4.78, 5) is 33.3. The first-order valence-corrected chi connectivity index (χ1v) is 18.5. The summed E-state index contributed by atoms with van der Waals surface area (Å²) < 4.78 is 84.8. The second-order valence-corrected chi connectivity index (χ2v) is 16.5. The Kier molecular flexibility index (Phi) is 8.89. The third-order valence-electron chi connectivity index (χ3n) is 8.01. The van der Waals surface area contributed by atoms with E-state index in [0.717, 1.165) is 66.6 Å². The minimum atomic E-state index is -5.43. The highest BCUT2D eigenvalue weighted by Gasteiger charge is 2.49. The van der Waals surface area contributed by atoms with Gasteiger partial charge in [-0.3, -0.25) is 20.2 Å². The largest absolute Gasteiger partial charge is 0.362 e. The first-order chi connectivity index (χ1) is 21.7. The number of hydrogen-bond donors (Lipinski definition) is 0. The van der Waals surface area contributed by atoms with Gasteiger partial charge in [0, 0.05) is 24.3 Å². The van der Waals surface area contributed by atoms with Gasteiger partial charge in [0.2, 0.25) is 0 Å². The highest BCUT2D eigenvalue weighted by molar-refractivity contribution is 8.05. The number of carbonyl (C=O) groups is 1. The van der Waals surface area contributed by atoms with Crippen molar-refractivity contribution < 1.29 is 39.9 Å². The van der Waals surface area contributed by atoms with Crippen molar-refractivity contribution in [2.24, 2.45) is 0 Å². The van der Waals surface area contributed by atoms with Gasteiger partial charge in [-0.25, -0.2) is 17.5 Å². The Morgan fingerprint density at radius 3 is 1.59 bits per heavy atom. The Morgan fingerprint density at radius 2 is 1.07 bits per heavy atom. The van der Waals surface area contributed by atoms with Crippen molar-refractivity contribution in [2.75, 3.05) is 0 Å². The fourth-order valence-corrected chi connectivity index (χ4v) is 10.9. The van der Waals surface area contributed by atoms with Crippen LogP contribution >= 0.6 is 0 Å². The number of sulfonamides is 3. The highest BCUT2D eigenvalue weighted by atomic mass is 32.3. The Morgan fingerprint density at radius 1 is 0.609 bits per heavy atom. The monoisotopic (exact) mass is 692 g/mol. The molecule has 0 aromatic heterocycles. The van der Waals surface area contributed by atoms with Gasteiger partial charge in [0.15, 0.2) is 0 Å². The molecule has 0 bridgehead atoms. The molecule has 2 amide bonds. The van der Waals surface area contributed by atoms with Crippen LogP contribution in [0.1, 0.15) is 49.7 Å². The Balaban J connectivity index is 1.71. The van der Waals surface area contributed by atoms with Crippen molar-refractivity contribution >= 4 is 47.5 Å². The van der Waals surface area contributed by atoms with Crippen molar-refractivity contribution in [3.8, 4) is 0 Å². The molecule has 2 aliphatic rings. The molecule has 0 radical (unpaired) electrons. The molecule has 0 heterocycles. The van der Waals surface area contributed by atoms with Crippen LogP contribution < -0.4 is 0 Å². The molecule has 18 heteroatoms. The summed E-state index contributed by atoms with van der Waals surface area (Å²) in [5.41, 5.74) is 0.516. The molecular weight excluding hydrogens is 665 g/mol. The molecular formula is C28H28N4O11S3. The van der Waals surface area contributed by atoms with Gasteiger partial charge in [0.1, 0.15) is 0 Å². The van der Waals surface area contributed by atoms with Gasteiger partial charge in [-0.15, -0.1) is 3.71 Å². The van der Waals surface area contributed by atoms with Crippen molar-refractivity contribution in [1.29, 1.82) is 0 Å². The van der Waals surface area contributed by atoms with E-state index in [4.69, 9.17) is 0 Å². The molecule has 3 aromatic carbocycles. The van der Waals surface area contributed by atoms with Gasteiger partial charge in [0.05, 0.1) is 30.6 Å². The van der Waals surface area contributed by atoms with Crippen LogP contribution in [0.4, 0.5) is 16.2 Å². The number of urea groups is 1. The van der Waals surface area contributed by atoms with Crippen LogP contribution in [-0.4, -0.2) is 55.2 Å². The normalized spacial score (nSPS) is 15.6. The molecule has 1 fully saturated rings. The lowest BCUT2D eigenvalue weighted by Crippen LogP contribution is -2.54. The zero-order valence-corrected chi connectivity index (χ0v) is 26.5. The van der Waals surface area contributed by atoms with Gasteiger partial charge < -0.3 is 0 Å². The Labute approximate surface area is 264 Å². The zero-order chi connectivity index (χ0) is 33.4. The van der Waals surface area contributed by atoms with E-state index < -0.39 is 81.8 Å². The lowest BCUT2D eigenvalue weighted by atomic mass is 9.96. The van der Waals surface area contributed by atoms with E-state index in [-0.39, 0.29) is 17.1 Å². The molecule has 46 heavy (non-hydrogen) atoms. The number of nitro benzene ring substituents is 2. The summed E-state index contributed by atoms with van der Waals surface area (Å²) in [5.74, 6) is 0. The summed E-state index contributed by atoms with van der Waals surface area (Å²) in [6.07, 6.45) is 3.70. The lowest BCUT2D eigenvalue weighted by molar-refractivity contribution is -0.385. The number of rotatable bonds is 9. The predicted molar refractivity (Wildman–Crippen MR) is 162 cm³/mol. The number of benzene rings is 3. The van der Waals surface area contributed by atoms with Crippen molar-refractivity contribution in [3.05, 3.63) is 98.1 Å². The molecule has 0 spiro atoms. The molecule has 2 aliphatic carbocycles. The lowest BCUT2D eigenvalue weighted by Gasteiger charge is -2.36. The number of hydrogen-bond acceptors (Lipinski definition) is 11. The fraction of sp³-hybridized carbons (Fsp3) is 0.321. The van der Waals surface area contributed by atoms with E-state index >= 15 is 0 Å². The molecule has 5 rings (SSSR count). The average Bonchev–Trinajstić information content (AvgIpc) is 3.50. The van der Waals surface area contributed by atoms with Crippen LogP contribution in [0.25, 0.3) is 0 Å². The molecule has 244 valence electrons. The number of amides is 2. The van der Waals surface area contributed by atoms with Crippen molar-refractivity contribution in [2.45, 2.75) is 72.1 Å². The SMILES string of the molecule is O=C(N(C1CCCCC1)S(=O)(=O)c1ccc([N+](=O)[O-])cc1)N(S(=O)(=O)c1ccc([N+](=O)[O-])cc1)S(=O)(=O)c1ccc2c(c1)CCC2. The number of nitrogens with zero attached hydrogens (tertiary/aromatic N) is 4. The minimum absolute atomic E-state index is 0.0995. The van der Waals surface area contributed by atoms with Crippen LogP contribution in [0, 0.1) is 20.2 Å². The number of non-ortho nitro benzene ring substituents is 2. The second-order valence-electron chi connectivity index (χ2n) is 10.9. The van der Waals surface area contributed by atoms with Crippen molar-refractivity contribution in [1.82, 2.24) is 8.02 Å². The third kappa shape index (κ3) is 6.06. The molecule has 0 atom stereocenters. The van der Waals surface area contributed by atoms with Gasteiger partial charge in [-0.2, -0.15) is 16.8 Å². The van der Waals surface area contributed by atoms with E-state index in [2.05, 4.69) is 0 Å². The first kappa shape index (κ1) is 33.0. The Bertz CT molecular complexity index is 2030. The molecule has 1 saturated carbocycles. The number of aryl methyl sites for hydroxylation is 2. The first-order valence-electron chi connectivity index (χ1n) is 14.2. The molecule has 15 nitrogen and oxygen atoms in total. The van der Waals surface area contributed by atoms with Crippen molar-refractivity contribution in [3.63, 3.8) is 0 Å². The van der Waals surface area contributed by atoms with Crippen LogP contribution in [0.3, 0.4) is 0 Å². The van der Waals surface area contributed by atoms with Crippen LogP contribution in [0.5, 0.6) is 0 Å². The van der Waals surface area contributed by atoms with Crippen LogP contribution in [0.2, 0.25) is 0 Å². The van der Waals surface area contributed by atoms with Gasteiger partial charge in [0.25, 0.3) is 41.4 Å². The van der Waals surface area contributed by atoms with Gasteiger partial charge in [-0.05, 0) is 79.6 Å². The summed E-state index contributed by atoms with van der Waals surface area (Å²) >= 11 is 0. The quantitative estimate of drug-likeness (QED) is 0.225. The summed E-state index contributed by atoms with van der Waals surface area (Å²) in [7, 11) is -15.8. The average molecular weight is 693 g/mol. The zero-order valence-electron chi connectivity index (χ0n) is 24.1. The molecule has 0 aliphatic heterocycles. The number of nitro groups is 2. The van der Waals surface area contributed by atoms with E-state index in [9.17, 15) is 50.3 Å². The molecule has 0 N–H and O–H groups in total. The topological polar surface area (TPSA) is 212 Å². The van der Waals surface area contributed by atoms with E-state index in [1.54, 1.807) is 0 Å². The summed E-state index contributed by atoms with van der Waals surface area (Å²) in [5, 5.41) is 22.4. The standard InChI is InChI=1S/C28H28N4O11S3/c33-28(29(22-7-2-1-3-8-22)44(38,39)25-15-10-23(11-16-25)30(34)35)32(45(40,41)26-17-12-24(13-18-26)31(36)37)46(42,43)27-14-9-20-5-4-6-21(20)19-27/h9-19,22H,1-8H2. The maximum absolute atomic E-state index is 14.5. The maximum atomic E-state index is 14.5. The minimum Gasteiger partial charge on any atom is -0.258 e. The fourth-order valence-electron chi connectivity index (χ4n) is 5.68. The van der Waals surface area contributed by atoms with E-state index in [1.165, 1.54) is 12.1 Å². The number of fused-ring (bicyclic) bond motifs is 1. The molecule has 3 aromatic rings. The number of carbonyl (C=O) groups excluding carboxylic acids is 1. The van der Waals surface area contributed by atoms with Crippen LogP contribution in [0.15, 0.2) is 81.4 Å². The predicted octanol–water partition coefficient (Wildman–Crippen LogP) is 4.51. The van der Waals surface area contributed by atoms with E-state index in [1.807, 2.05) is 0 Å². The maximum Gasteiger partial charge on any atom is 0.362 e. The van der Waals surface area contributed by atoms with Crippen LogP contribution in [-0.2, 0) is 42.9 Å². The molecule has 0 unspecified atom stereocenters. The van der Waals surface area contributed by atoms with Gasteiger partial charge >= 0.3 is 6.03 Å². The third-order valence-corrected chi connectivity index (χ3v) is 13.9. The Hall–Kier alpha value is -4.42. The summed E-state index contributed by atoms with van der Waals surface area (Å²) in [6.45, 7) is 0. The highest BCUT2D eigenvalue weighted by Crippen LogP contribution is 2.35. The molecule has 0 saturated heterocycles.